The number of benzene rings is 2. The number of rotatable bonds is 4. The molecule has 1 radical (unpaired) electrons. The fourth-order valence-electron chi connectivity index (χ4n) is 2.22. The molecule has 0 aliphatic heterocycles. The molecule has 2 rings (SSSR count). The molecule has 0 heteroatoms. The Morgan fingerprint density at radius 3 is 2.50 bits per heavy atom. The van der Waals surface area contributed by atoms with Gasteiger partial charge in [0.1, 0.15) is 0 Å². The van der Waals surface area contributed by atoms with E-state index in [1.54, 1.807) is 0 Å². The Balaban J connectivity index is 2.51. The highest BCUT2D eigenvalue weighted by Crippen LogP contribution is 2.21. The van der Waals surface area contributed by atoms with Crippen molar-refractivity contribution in [3.05, 3.63) is 47.5 Å². The molecule has 0 unspecified atom stereocenters. The highest BCUT2D eigenvalue weighted by atomic mass is 14.1. The van der Waals surface area contributed by atoms with Crippen molar-refractivity contribution in [1.29, 1.82) is 0 Å². The van der Waals surface area contributed by atoms with Gasteiger partial charge in [-0.2, -0.15) is 0 Å². The Labute approximate surface area is 98.3 Å². The quantitative estimate of drug-likeness (QED) is 0.696. The molecule has 0 saturated carbocycles. The van der Waals surface area contributed by atoms with Crippen LogP contribution in [0.15, 0.2) is 30.3 Å². The van der Waals surface area contributed by atoms with Crippen molar-refractivity contribution >= 4 is 10.8 Å². The van der Waals surface area contributed by atoms with Crippen LogP contribution in [0.1, 0.15) is 37.8 Å². The Morgan fingerprint density at radius 1 is 1.00 bits per heavy atom. The van der Waals surface area contributed by atoms with Crippen LogP contribution in [0.3, 0.4) is 0 Å². The maximum Gasteiger partial charge on any atom is -0.00614 e. The van der Waals surface area contributed by atoms with Crippen LogP contribution in [-0.2, 0) is 12.8 Å². The van der Waals surface area contributed by atoms with Crippen LogP contribution < -0.4 is 0 Å². The monoisotopic (exact) mass is 211 g/mol. The third kappa shape index (κ3) is 2.27. The standard InChI is InChI=1S/C16H19/c1-3-7-13-11-15-9-5-6-10-16(15)12-14(13)8-4-2/h5-6,9-11H,3-4,7-8H2,1-2H3. The summed E-state index contributed by atoms with van der Waals surface area (Å²) in [6.45, 7) is 4.48. The second kappa shape index (κ2) is 5.16. The van der Waals surface area contributed by atoms with Crippen molar-refractivity contribution in [2.45, 2.75) is 39.5 Å². The summed E-state index contributed by atoms with van der Waals surface area (Å²) in [5, 5.41) is 2.58. The zero-order chi connectivity index (χ0) is 11.4. The van der Waals surface area contributed by atoms with Gasteiger partial charge in [-0.1, -0.05) is 57.0 Å². The Kier molecular flexibility index (Phi) is 3.61. The predicted molar refractivity (Wildman–Crippen MR) is 70.8 cm³/mol. The third-order valence-corrected chi connectivity index (χ3v) is 2.98. The lowest BCUT2D eigenvalue weighted by molar-refractivity contribution is 0.862. The predicted octanol–water partition coefficient (Wildman–Crippen LogP) is 4.54. The van der Waals surface area contributed by atoms with E-state index in [-0.39, 0.29) is 0 Å². The number of fused-ring (bicyclic) bond motifs is 1. The molecule has 0 saturated heterocycles. The summed E-state index contributed by atoms with van der Waals surface area (Å²) >= 11 is 0. The molecule has 0 bridgehead atoms. The molecule has 0 N–H and O–H groups in total. The summed E-state index contributed by atoms with van der Waals surface area (Å²) in [5.41, 5.74) is 2.91. The zero-order valence-electron chi connectivity index (χ0n) is 10.2. The van der Waals surface area contributed by atoms with Gasteiger partial charge in [0.25, 0.3) is 0 Å². The molecule has 16 heavy (non-hydrogen) atoms. The van der Waals surface area contributed by atoms with E-state index in [0.717, 1.165) is 6.42 Å². The molecule has 83 valence electrons. The van der Waals surface area contributed by atoms with Crippen LogP contribution in [0.4, 0.5) is 0 Å². The first-order valence-electron chi connectivity index (χ1n) is 6.28. The van der Waals surface area contributed by atoms with Gasteiger partial charge in [0.2, 0.25) is 0 Å². The highest BCUT2D eigenvalue weighted by molar-refractivity contribution is 5.83. The Hall–Kier alpha value is -1.30. The smallest absolute Gasteiger partial charge is 0.00614 e. The highest BCUT2D eigenvalue weighted by Gasteiger charge is 2.04. The SMILES string of the molecule is CCCc1[c]c2ccccc2cc1CCC. The molecule has 0 aromatic heterocycles. The molecular weight excluding hydrogens is 192 g/mol. The average Bonchev–Trinajstić information content (AvgIpc) is 2.30. The second-order valence-corrected chi connectivity index (χ2v) is 4.36. The number of hydrogen-bond acceptors (Lipinski definition) is 0. The molecule has 0 nitrogen and oxygen atoms in total. The van der Waals surface area contributed by atoms with Gasteiger partial charge in [0.15, 0.2) is 0 Å². The lowest BCUT2D eigenvalue weighted by Crippen LogP contribution is -1.94. The van der Waals surface area contributed by atoms with Gasteiger partial charge in [-0.3, -0.25) is 0 Å². The van der Waals surface area contributed by atoms with Crippen LogP contribution in [0, 0.1) is 6.07 Å². The molecule has 0 heterocycles. The summed E-state index contributed by atoms with van der Waals surface area (Å²) in [7, 11) is 0. The summed E-state index contributed by atoms with van der Waals surface area (Å²) in [4.78, 5) is 0. The molecule has 2 aromatic rings. The van der Waals surface area contributed by atoms with E-state index in [1.807, 2.05) is 0 Å². The lowest BCUT2D eigenvalue weighted by Gasteiger charge is -2.09. The molecule has 0 amide bonds. The van der Waals surface area contributed by atoms with E-state index in [0.29, 0.717) is 0 Å². The zero-order valence-corrected chi connectivity index (χ0v) is 10.2. The van der Waals surface area contributed by atoms with Crippen LogP contribution >= 0.6 is 0 Å². The van der Waals surface area contributed by atoms with Gasteiger partial charge in [-0.15, -0.1) is 0 Å². The van der Waals surface area contributed by atoms with Gasteiger partial charge in [0.05, 0.1) is 0 Å². The van der Waals surface area contributed by atoms with Gasteiger partial charge < -0.3 is 0 Å². The van der Waals surface area contributed by atoms with Crippen molar-refractivity contribution < 1.29 is 0 Å². The molecule has 0 aliphatic carbocycles. The molecule has 0 atom stereocenters. The average molecular weight is 211 g/mol. The maximum absolute atomic E-state index is 3.58. The van der Waals surface area contributed by atoms with E-state index in [4.69, 9.17) is 0 Å². The first-order chi connectivity index (χ1) is 7.85. The first-order valence-corrected chi connectivity index (χ1v) is 6.28. The Morgan fingerprint density at radius 2 is 1.75 bits per heavy atom. The van der Waals surface area contributed by atoms with Crippen molar-refractivity contribution in [1.82, 2.24) is 0 Å². The van der Waals surface area contributed by atoms with Crippen molar-refractivity contribution in [3.8, 4) is 0 Å². The van der Waals surface area contributed by atoms with Crippen molar-refractivity contribution in [2.24, 2.45) is 0 Å². The molecule has 0 fully saturated rings. The second-order valence-electron chi connectivity index (χ2n) is 4.36. The maximum atomic E-state index is 3.58. The molecule has 2 aromatic carbocycles. The molecular formula is C16H19. The minimum Gasteiger partial charge on any atom is -0.0651 e. The van der Waals surface area contributed by atoms with E-state index < -0.39 is 0 Å². The summed E-state index contributed by atoms with van der Waals surface area (Å²) in [5.74, 6) is 0. The first kappa shape index (κ1) is 11.2. The summed E-state index contributed by atoms with van der Waals surface area (Å²) in [6, 6.07) is 14.5. The Bertz CT molecular complexity index is 424. The number of aryl methyl sites for hydroxylation is 2. The van der Waals surface area contributed by atoms with Crippen LogP contribution in [0.5, 0.6) is 0 Å². The fraction of sp³-hybridized carbons (Fsp3) is 0.375. The van der Waals surface area contributed by atoms with Crippen molar-refractivity contribution in [3.63, 3.8) is 0 Å². The van der Waals surface area contributed by atoms with Gasteiger partial charge in [-0.05, 0) is 40.8 Å². The van der Waals surface area contributed by atoms with Gasteiger partial charge in [0, 0.05) is 0 Å². The fourth-order valence-corrected chi connectivity index (χ4v) is 2.22. The number of hydrogen-bond donors (Lipinski definition) is 0. The molecule has 0 spiro atoms. The lowest BCUT2D eigenvalue weighted by atomic mass is 9.95. The van der Waals surface area contributed by atoms with E-state index >= 15 is 0 Å². The van der Waals surface area contributed by atoms with Crippen molar-refractivity contribution in [2.75, 3.05) is 0 Å². The van der Waals surface area contributed by atoms with Crippen LogP contribution in [-0.4, -0.2) is 0 Å². The minimum atomic E-state index is 1.15. The van der Waals surface area contributed by atoms with Crippen LogP contribution in [0.25, 0.3) is 10.8 Å². The topological polar surface area (TPSA) is 0 Å². The van der Waals surface area contributed by atoms with Crippen LogP contribution in [0.2, 0.25) is 0 Å². The minimum absolute atomic E-state index is 1.15. The van der Waals surface area contributed by atoms with E-state index in [1.165, 1.54) is 41.2 Å². The largest absolute Gasteiger partial charge is 0.0651 e. The summed E-state index contributed by atoms with van der Waals surface area (Å²) in [6.07, 6.45) is 4.74. The molecule has 0 aliphatic rings. The summed E-state index contributed by atoms with van der Waals surface area (Å²) < 4.78 is 0. The third-order valence-electron chi connectivity index (χ3n) is 2.98. The van der Waals surface area contributed by atoms with Gasteiger partial charge in [-0.25, -0.2) is 0 Å². The van der Waals surface area contributed by atoms with E-state index in [2.05, 4.69) is 50.2 Å². The van der Waals surface area contributed by atoms with E-state index in [9.17, 15) is 0 Å². The normalized spacial score (nSPS) is 10.9. The van der Waals surface area contributed by atoms with Gasteiger partial charge >= 0.3 is 0 Å².